The van der Waals surface area contributed by atoms with Crippen LogP contribution in [0.5, 0.6) is 0 Å². The molecule has 1 unspecified atom stereocenters. The minimum absolute atomic E-state index is 0.0602. The van der Waals surface area contributed by atoms with Gasteiger partial charge in [0.1, 0.15) is 5.76 Å². The zero-order valence-electron chi connectivity index (χ0n) is 15.7. The van der Waals surface area contributed by atoms with Gasteiger partial charge in [-0.2, -0.15) is 0 Å². The van der Waals surface area contributed by atoms with Crippen molar-refractivity contribution in [2.24, 2.45) is 0 Å². The lowest BCUT2D eigenvalue weighted by atomic mass is 9.95. The Hall–Kier alpha value is -3.37. The second-order valence-electron chi connectivity index (χ2n) is 6.93. The molecule has 0 bridgehead atoms. The fourth-order valence-corrected chi connectivity index (χ4v) is 3.72. The van der Waals surface area contributed by atoms with E-state index in [4.69, 9.17) is 11.6 Å². The second kappa shape index (κ2) is 7.57. The molecule has 0 spiro atoms. The van der Waals surface area contributed by atoms with E-state index in [9.17, 15) is 14.7 Å². The summed E-state index contributed by atoms with van der Waals surface area (Å²) in [4.78, 5) is 27.5. The Kier molecular flexibility index (Phi) is 4.95. The van der Waals surface area contributed by atoms with Gasteiger partial charge in [0, 0.05) is 16.3 Å². The number of halogens is 1. The number of Topliss-reactive ketones (excluding diaryl/α,β-unsaturated/α-hetero) is 1. The summed E-state index contributed by atoms with van der Waals surface area (Å²) in [6.07, 6.45) is 0. The molecule has 1 fully saturated rings. The van der Waals surface area contributed by atoms with Gasteiger partial charge in [0.05, 0.1) is 11.6 Å². The van der Waals surface area contributed by atoms with Crippen molar-refractivity contribution in [1.82, 2.24) is 0 Å². The highest BCUT2D eigenvalue weighted by molar-refractivity contribution is 6.51. The largest absolute Gasteiger partial charge is 0.507 e. The summed E-state index contributed by atoms with van der Waals surface area (Å²) in [6, 6.07) is 22.4. The minimum atomic E-state index is -0.728. The van der Waals surface area contributed by atoms with Crippen molar-refractivity contribution >= 4 is 34.7 Å². The Balaban J connectivity index is 1.94. The zero-order valence-corrected chi connectivity index (χ0v) is 16.4. The van der Waals surface area contributed by atoms with Gasteiger partial charge >= 0.3 is 0 Å². The summed E-state index contributed by atoms with van der Waals surface area (Å²) in [5.74, 6) is -1.60. The maximum Gasteiger partial charge on any atom is 0.300 e. The normalized spacial score (nSPS) is 18.3. The highest BCUT2D eigenvalue weighted by Crippen LogP contribution is 2.42. The second-order valence-corrected chi connectivity index (χ2v) is 7.36. The van der Waals surface area contributed by atoms with Crippen LogP contribution in [0.15, 0.2) is 84.4 Å². The average molecular weight is 404 g/mol. The Morgan fingerprint density at radius 3 is 2.28 bits per heavy atom. The third-order valence-corrected chi connectivity index (χ3v) is 5.21. The fourth-order valence-electron chi connectivity index (χ4n) is 3.59. The molecule has 0 aliphatic carbocycles. The van der Waals surface area contributed by atoms with Gasteiger partial charge in [-0.1, -0.05) is 54.1 Å². The number of aryl methyl sites for hydroxylation is 1. The number of aliphatic hydroxyl groups is 1. The standard InChI is InChI=1S/C24H18ClNO3/c1-15-6-5-9-19(14-15)26-21(16-7-3-2-4-8-16)20(23(28)24(26)29)22(27)17-10-12-18(25)13-11-17/h2-14,21,27H,1H3/b22-20+. The van der Waals surface area contributed by atoms with Gasteiger partial charge in [0.25, 0.3) is 11.7 Å². The lowest BCUT2D eigenvalue weighted by Gasteiger charge is -2.25. The topological polar surface area (TPSA) is 57.6 Å². The van der Waals surface area contributed by atoms with Crippen LogP contribution in [0.1, 0.15) is 22.7 Å². The molecule has 1 saturated heterocycles. The number of nitrogens with zero attached hydrogens (tertiary/aromatic N) is 1. The number of rotatable bonds is 3. The first-order valence-corrected chi connectivity index (χ1v) is 9.53. The zero-order chi connectivity index (χ0) is 20.5. The molecule has 0 saturated carbocycles. The number of anilines is 1. The van der Waals surface area contributed by atoms with E-state index in [-0.39, 0.29) is 11.3 Å². The summed E-state index contributed by atoms with van der Waals surface area (Å²) in [5.41, 5.74) is 2.80. The van der Waals surface area contributed by atoms with E-state index < -0.39 is 17.7 Å². The van der Waals surface area contributed by atoms with Gasteiger partial charge in [-0.3, -0.25) is 14.5 Å². The Bertz CT molecular complexity index is 1120. The third kappa shape index (κ3) is 3.43. The van der Waals surface area contributed by atoms with Crippen LogP contribution in [0.2, 0.25) is 5.02 Å². The van der Waals surface area contributed by atoms with Gasteiger partial charge in [-0.25, -0.2) is 0 Å². The molecule has 1 amide bonds. The lowest BCUT2D eigenvalue weighted by molar-refractivity contribution is -0.132. The molecule has 144 valence electrons. The molecule has 29 heavy (non-hydrogen) atoms. The summed E-state index contributed by atoms with van der Waals surface area (Å²) in [5, 5.41) is 11.5. The van der Waals surface area contributed by atoms with Gasteiger partial charge in [0.2, 0.25) is 0 Å². The summed E-state index contributed by atoms with van der Waals surface area (Å²) >= 11 is 5.94. The molecule has 3 aromatic carbocycles. The highest BCUT2D eigenvalue weighted by atomic mass is 35.5. The van der Waals surface area contributed by atoms with Crippen molar-refractivity contribution in [3.05, 3.63) is 106 Å². The van der Waals surface area contributed by atoms with Crippen molar-refractivity contribution in [3.63, 3.8) is 0 Å². The molecule has 1 aliphatic heterocycles. The highest BCUT2D eigenvalue weighted by Gasteiger charge is 2.46. The van der Waals surface area contributed by atoms with E-state index in [0.29, 0.717) is 16.3 Å². The van der Waals surface area contributed by atoms with E-state index in [1.165, 1.54) is 4.90 Å². The molecule has 1 aliphatic rings. The molecule has 5 heteroatoms. The molecular formula is C24H18ClNO3. The van der Waals surface area contributed by atoms with E-state index in [2.05, 4.69) is 0 Å². The molecule has 1 N–H and O–H groups in total. The molecule has 1 heterocycles. The van der Waals surface area contributed by atoms with Crippen molar-refractivity contribution < 1.29 is 14.7 Å². The minimum Gasteiger partial charge on any atom is -0.507 e. The van der Waals surface area contributed by atoms with E-state index >= 15 is 0 Å². The molecule has 4 nitrogen and oxygen atoms in total. The van der Waals surface area contributed by atoms with Crippen molar-refractivity contribution in [1.29, 1.82) is 0 Å². The quantitative estimate of drug-likeness (QED) is 0.368. The number of ketones is 1. The smallest absolute Gasteiger partial charge is 0.300 e. The van der Waals surface area contributed by atoms with Crippen LogP contribution in [-0.2, 0) is 9.59 Å². The average Bonchev–Trinajstić information content (AvgIpc) is 2.99. The van der Waals surface area contributed by atoms with Crippen molar-refractivity contribution in [2.45, 2.75) is 13.0 Å². The Labute approximate surface area is 173 Å². The van der Waals surface area contributed by atoms with E-state index in [1.54, 1.807) is 30.3 Å². The number of hydrogen-bond acceptors (Lipinski definition) is 3. The molecule has 0 radical (unpaired) electrons. The predicted molar refractivity (Wildman–Crippen MR) is 114 cm³/mol. The third-order valence-electron chi connectivity index (χ3n) is 4.96. The van der Waals surface area contributed by atoms with Gasteiger partial charge in [-0.05, 0) is 54.4 Å². The predicted octanol–water partition coefficient (Wildman–Crippen LogP) is 5.27. The molecule has 3 aromatic rings. The number of benzene rings is 3. The van der Waals surface area contributed by atoms with Crippen LogP contribution in [0.4, 0.5) is 5.69 Å². The molecular weight excluding hydrogens is 386 g/mol. The molecule has 4 rings (SSSR count). The Morgan fingerprint density at radius 1 is 0.931 bits per heavy atom. The molecule has 1 atom stereocenters. The first-order valence-electron chi connectivity index (χ1n) is 9.16. The van der Waals surface area contributed by atoms with Crippen LogP contribution in [0.3, 0.4) is 0 Å². The maximum atomic E-state index is 13.0. The monoisotopic (exact) mass is 403 g/mol. The molecule has 0 aromatic heterocycles. The first-order chi connectivity index (χ1) is 14.0. The van der Waals surface area contributed by atoms with Crippen LogP contribution in [-0.4, -0.2) is 16.8 Å². The summed E-state index contributed by atoms with van der Waals surface area (Å²) in [6.45, 7) is 1.92. The van der Waals surface area contributed by atoms with Crippen LogP contribution < -0.4 is 4.90 Å². The van der Waals surface area contributed by atoms with Gasteiger partial charge in [0.15, 0.2) is 0 Å². The van der Waals surface area contributed by atoms with Crippen LogP contribution in [0, 0.1) is 6.92 Å². The fraction of sp³-hybridized carbons (Fsp3) is 0.0833. The number of amides is 1. The van der Waals surface area contributed by atoms with E-state index in [0.717, 1.165) is 11.1 Å². The van der Waals surface area contributed by atoms with Crippen LogP contribution in [0.25, 0.3) is 5.76 Å². The lowest BCUT2D eigenvalue weighted by Crippen LogP contribution is -2.29. The van der Waals surface area contributed by atoms with Crippen molar-refractivity contribution in [3.8, 4) is 0 Å². The van der Waals surface area contributed by atoms with Crippen LogP contribution >= 0.6 is 11.6 Å². The number of aliphatic hydroxyl groups excluding tert-OH is 1. The van der Waals surface area contributed by atoms with Gasteiger partial charge in [-0.15, -0.1) is 0 Å². The maximum absolute atomic E-state index is 13.0. The SMILES string of the molecule is Cc1cccc(N2C(=O)C(=O)/C(=C(/O)c3ccc(Cl)cc3)C2c2ccccc2)c1. The van der Waals surface area contributed by atoms with Gasteiger partial charge < -0.3 is 5.11 Å². The summed E-state index contributed by atoms with van der Waals surface area (Å²) < 4.78 is 0. The first kappa shape index (κ1) is 19.0. The van der Waals surface area contributed by atoms with E-state index in [1.807, 2.05) is 55.5 Å². The Morgan fingerprint density at radius 2 is 1.62 bits per heavy atom. The van der Waals surface area contributed by atoms with Crippen molar-refractivity contribution in [2.75, 3.05) is 4.90 Å². The summed E-state index contributed by atoms with van der Waals surface area (Å²) in [7, 11) is 0. The number of hydrogen-bond donors (Lipinski definition) is 1. The number of carbonyl (C=O) groups is 2. The number of carbonyl (C=O) groups excluding carboxylic acids is 2.